The zero-order chi connectivity index (χ0) is 16.2. The van der Waals surface area contributed by atoms with E-state index in [1.807, 2.05) is 0 Å². The van der Waals surface area contributed by atoms with Crippen molar-refractivity contribution in [3.8, 4) is 0 Å². The number of rotatable bonds is 7. The highest BCUT2D eigenvalue weighted by Crippen LogP contribution is 2.27. The molecule has 0 radical (unpaired) electrons. The molecule has 1 aromatic carbocycles. The minimum Gasteiger partial charge on any atom is -0.394 e. The van der Waals surface area contributed by atoms with Crippen LogP contribution in [0.15, 0.2) is 23.1 Å². The van der Waals surface area contributed by atoms with E-state index in [0.717, 1.165) is 0 Å². The molecule has 1 aromatic rings. The number of sulfonamides is 1. The minimum absolute atomic E-state index is 0.0260. The van der Waals surface area contributed by atoms with Crippen LogP contribution in [0.4, 0.5) is 0 Å². The van der Waals surface area contributed by atoms with Crippen LogP contribution < -0.4 is 4.72 Å². The molecular formula is C13H17Cl2NO5S. The molecular weight excluding hydrogens is 353 g/mol. The Balaban J connectivity index is 2.12. The normalized spacial score (nSPS) is 22.1. The van der Waals surface area contributed by atoms with E-state index in [9.17, 15) is 8.42 Å². The van der Waals surface area contributed by atoms with Gasteiger partial charge in [-0.2, -0.15) is 0 Å². The average Bonchev–Trinajstić information content (AvgIpc) is 2.95. The van der Waals surface area contributed by atoms with E-state index in [0.29, 0.717) is 13.0 Å². The maximum absolute atomic E-state index is 12.4. The molecule has 0 bridgehead atoms. The molecule has 0 aliphatic carbocycles. The van der Waals surface area contributed by atoms with Crippen LogP contribution in [-0.4, -0.2) is 52.1 Å². The van der Waals surface area contributed by atoms with Crippen molar-refractivity contribution in [3.05, 3.63) is 28.2 Å². The first-order valence-electron chi connectivity index (χ1n) is 6.66. The van der Waals surface area contributed by atoms with Gasteiger partial charge in [0.05, 0.1) is 24.8 Å². The van der Waals surface area contributed by atoms with Crippen molar-refractivity contribution in [1.82, 2.24) is 4.72 Å². The summed E-state index contributed by atoms with van der Waals surface area (Å²) in [6.45, 7) is 0.736. The summed E-state index contributed by atoms with van der Waals surface area (Å²) in [6, 6.07) is 4.23. The van der Waals surface area contributed by atoms with Gasteiger partial charge in [0, 0.05) is 24.6 Å². The van der Waals surface area contributed by atoms with Gasteiger partial charge in [-0.25, -0.2) is 13.1 Å². The number of aliphatic hydroxyl groups excluding tert-OH is 1. The van der Waals surface area contributed by atoms with E-state index < -0.39 is 15.6 Å². The molecule has 0 amide bonds. The molecule has 1 atom stereocenters. The lowest BCUT2D eigenvalue weighted by atomic mass is 10.0. The van der Waals surface area contributed by atoms with Crippen LogP contribution in [0.3, 0.4) is 0 Å². The maximum Gasteiger partial charge on any atom is 0.242 e. The Labute approximate surface area is 139 Å². The monoisotopic (exact) mass is 369 g/mol. The fourth-order valence-electron chi connectivity index (χ4n) is 2.14. The van der Waals surface area contributed by atoms with Gasteiger partial charge >= 0.3 is 0 Å². The SMILES string of the molecule is O=S(=O)(NCC1(OCCO)CCOC1)c1cc(Cl)ccc1Cl. The van der Waals surface area contributed by atoms with E-state index in [2.05, 4.69) is 4.72 Å². The van der Waals surface area contributed by atoms with Crippen LogP contribution in [0.5, 0.6) is 0 Å². The number of halogens is 2. The van der Waals surface area contributed by atoms with Gasteiger partial charge in [0.15, 0.2) is 0 Å². The summed E-state index contributed by atoms with van der Waals surface area (Å²) in [5.74, 6) is 0. The number of benzene rings is 1. The molecule has 2 rings (SSSR count). The standard InChI is InChI=1S/C13H17Cl2NO5S/c14-10-1-2-11(15)12(7-10)22(18,19)16-8-13(21-6-4-17)3-5-20-9-13/h1-2,7,16-17H,3-6,8-9H2. The lowest BCUT2D eigenvalue weighted by Crippen LogP contribution is -2.46. The predicted octanol–water partition coefficient (Wildman–Crippen LogP) is 1.44. The molecule has 0 spiro atoms. The molecule has 9 heteroatoms. The number of hydrogen-bond donors (Lipinski definition) is 2. The second kappa shape index (κ2) is 7.44. The highest BCUT2D eigenvalue weighted by atomic mass is 35.5. The second-order valence-electron chi connectivity index (χ2n) is 4.96. The van der Waals surface area contributed by atoms with Crippen LogP contribution >= 0.6 is 23.2 Å². The molecule has 1 heterocycles. The van der Waals surface area contributed by atoms with Crippen LogP contribution in [0.1, 0.15) is 6.42 Å². The Morgan fingerprint density at radius 1 is 1.41 bits per heavy atom. The lowest BCUT2D eigenvalue weighted by molar-refractivity contribution is -0.0566. The van der Waals surface area contributed by atoms with Gasteiger partial charge in [-0.3, -0.25) is 0 Å². The molecule has 0 aromatic heterocycles. The lowest BCUT2D eigenvalue weighted by Gasteiger charge is -2.27. The number of ether oxygens (including phenoxy) is 2. The van der Waals surface area contributed by atoms with E-state index in [4.69, 9.17) is 37.8 Å². The molecule has 124 valence electrons. The third kappa shape index (κ3) is 4.32. The van der Waals surface area contributed by atoms with Crippen LogP contribution in [0, 0.1) is 0 Å². The summed E-state index contributed by atoms with van der Waals surface area (Å²) >= 11 is 11.8. The van der Waals surface area contributed by atoms with Crippen molar-refractivity contribution in [3.63, 3.8) is 0 Å². The molecule has 22 heavy (non-hydrogen) atoms. The van der Waals surface area contributed by atoms with Crippen LogP contribution in [0.25, 0.3) is 0 Å². The smallest absolute Gasteiger partial charge is 0.242 e. The molecule has 1 saturated heterocycles. The molecule has 1 aliphatic heterocycles. The highest BCUT2D eigenvalue weighted by Gasteiger charge is 2.37. The Kier molecular flexibility index (Phi) is 6.07. The minimum atomic E-state index is -3.83. The molecule has 1 unspecified atom stereocenters. The topological polar surface area (TPSA) is 84.9 Å². The molecule has 0 saturated carbocycles. The Morgan fingerprint density at radius 2 is 2.18 bits per heavy atom. The fraction of sp³-hybridized carbons (Fsp3) is 0.538. The molecule has 1 aliphatic rings. The third-order valence-corrected chi connectivity index (χ3v) is 5.45. The van der Waals surface area contributed by atoms with Gasteiger partial charge in [-0.1, -0.05) is 23.2 Å². The van der Waals surface area contributed by atoms with E-state index in [1.54, 1.807) is 0 Å². The van der Waals surface area contributed by atoms with Crippen LogP contribution in [0.2, 0.25) is 10.0 Å². The van der Waals surface area contributed by atoms with Crippen molar-refractivity contribution in [2.24, 2.45) is 0 Å². The zero-order valence-electron chi connectivity index (χ0n) is 11.7. The summed E-state index contributed by atoms with van der Waals surface area (Å²) in [6.07, 6.45) is 0.540. The Bertz CT molecular complexity index is 617. The summed E-state index contributed by atoms with van der Waals surface area (Å²) < 4.78 is 38.1. The maximum atomic E-state index is 12.4. The van der Waals surface area contributed by atoms with Crippen molar-refractivity contribution in [1.29, 1.82) is 0 Å². The van der Waals surface area contributed by atoms with E-state index in [-0.39, 0.29) is 41.3 Å². The predicted molar refractivity (Wildman–Crippen MR) is 82.9 cm³/mol. The van der Waals surface area contributed by atoms with Gasteiger partial charge in [0.25, 0.3) is 0 Å². The second-order valence-corrected chi connectivity index (χ2v) is 7.54. The van der Waals surface area contributed by atoms with Crippen molar-refractivity contribution in [2.75, 3.05) is 33.0 Å². The Hall–Kier alpha value is -0.410. The average molecular weight is 370 g/mol. The van der Waals surface area contributed by atoms with E-state index >= 15 is 0 Å². The summed E-state index contributed by atoms with van der Waals surface area (Å²) in [5.41, 5.74) is -0.777. The first kappa shape index (κ1) is 17.9. The number of hydrogen-bond acceptors (Lipinski definition) is 5. The van der Waals surface area contributed by atoms with Crippen molar-refractivity contribution < 1.29 is 23.0 Å². The first-order valence-corrected chi connectivity index (χ1v) is 8.90. The summed E-state index contributed by atoms with van der Waals surface area (Å²) in [4.78, 5) is -0.0853. The third-order valence-electron chi connectivity index (χ3n) is 3.33. The van der Waals surface area contributed by atoms with Crippen molar-refractivity contribution in [2.45, 2.75) is 16.9 Å². The largest absolute Gasteiger partial charge is 0.394 e. The fourth-order valence-corrected chi connectivity index (χ4v) is 4.02. The summed E-state index contributed by atoms with van der Waals surface area (Å²) in [5, 5.41) is 9.24. The van der Waals surface area contributed by atoms with Gasteiger partial charge < -0.3 is 14.6 Å². The van der Waals surface area contributed by atoms with Gasteiger partial charge in [0.1, 0.15) is 10.5 Å². The number of aliphatic hydroxyl groups is 1. The van der Waals surface area contributed by atoms with Gasteiger partial charge in [-0.15, -0.1) is 0 Å². The number of nitrogens with one attached hydrogen (secondary N) is 1. The van der Waals surface area contributed by atoms with E-state index in [1.165, 1.54) is 18.2 Å². The highest BCUT2D eigenvalue weighted by molar-refractivity contribution is 7.89. The molecule has 6 nitrogen and oxygen atoms in total. The quantitative estimate of drug-likeness (QED) is 0.759. The van der Waals surface area contributed by atoms with Crippen molar-refractivity contribution >= 4 is 33.2 Å². The Morgan fingerprint density at radius 3 is 2.82 bits per heavy atom. The van der Waals surface area contributed by atoms with Gasteiger partial charge in [0.2, 0.25) is 10.0 Å². The van der Waals surface area contributed by atoms with Gasteiger partial charge in [-0.05, 0) is 18.2 Å². The summed E-state index contributed by atoms with van der Waals surface area (Å²) in [7, 11) is -3.83. The first-order chi connectivity index (χ1) is 10.4. The molecule has 1 fully saturated rings. The molecule has 2 N–H and O–H groups in total. The van der Waals surface area contributed by atoms with Crippen LogP contribution in [-0.2, 0) is 19.5 Å². The zero-order valence-corrected chi connectivity index (χ0v) is 14.0.